The molecule has 1 aliphatic carbocycles. The van der Waals surface area contributed by atoms with Crippen molar-refractivity contribution < 1.29 is 17.6 Å². The molecular weight excluding hydrogens is 452 g/mol. The highest BCUT2D eigenvalue weighted by Gasteiger charge is 2.54. The second kappa shape index (κ2) is 7.23. The maximum atomic E-state index is 15.2. The van der Waals surface area contributed by atoms with Gasteiger partial charge in [-0.15, -0.1) is 0 Å². The minimum absolute atomic E-state index is 0.0448. The van der Waals surface area contributed by atoms with Gasteiger partial charge in [-0.1, -0.05) is 32.9 Å². The molecule has 1 saturated carbocycles. The van der Waals surface area contributed by atoms with E-state index >= 15 is 17.6 Å². The summed E-state index contributed by atoms with van der Waals surface area (Å²) in [5.41, 5.74) is 1.19. The third-order valence-corrected chi connectivity index (χ3v) is 7.71. The second-order valence-corrected chi connectivity index (χ2v) is 10.3. The summed E-state index contributed by atoms with van der Waals surface area (Å²) in [7, 11) is 0. The minimum atomic E-state index is -1.25. The number of aromatic nitrogens is 2. The molecule has 176 valence electrons. The van der Waals surface area contributed by atoms with Crippen molar-refractivity contribution in [1.29, 1.82) is 0 Å². The van der Waals surface area contributed by atoms with Crippen LogP contribution in [0, 0.1) is 23.3 Å². The van der Waals surface area contributed by atoms with E-state index in [4.69, 9.17) is 9.97 Å². The number of benzene rings is 2. The molecule has 6 heteroatoms. The molecule has 0 radical (unpaired) electrons. The van der Waals surface area contributed by atoms with Crippen LogP contribution in [0.25, 0.3) is 22.5 Å². The topological polar surface area (TPSA) is 25.8 Å². The molecule has 2 aromatic carbocycles. The number of fused-ring (bicyclic) bond motifs is 13. The zero-order chi connectivity index (χ0) is 24.7. The Morgan fingerprint density at radius 3 is 1.83 bits per heavy atom. The Labute approximate surface area is 200 Å². The van der Waals surface area contributed by atoms with Crippen molar-refractivity contribution in [1.82, 2.24) is 9.97 Å². The molecule has 6 rings (SSSR count). The van der Waals surface area contributed by atoms with E-state index in [9.17, 15) is 0 Å². The van der Waals surface area contributed by atoms with E-state index < -0.39 is 28.7 Å². The van der Waals surface area contributed by atoms with Gasteiger partial charge in [0.1, 0.15) is 23.3 Å². The fourth-order valence-electron chi connectivity index (χ4n) is 5.37. The summed E-state index contributed by atoms with van der Waals surface area (Å²) in [5, 5.41) is 0. The van der Waals surface area contributed by atoms with Crippen LogP contribution in [0.4, 0.5) is 17.6 Å². The van der Waals surface area contributed by atoms with Gasteiger partial charge in [0.2, 0.25) is 0 Å². The van der Waals surface area contributed by atoms with Crippen molar-refractivity contribution in [3.63, 3.8) is 0 Å². The number of pyridine rings is 2. The first-order valence-corrected chi connectivity index (χ1v) is 11.5. The Morgan fingerprint density at radius 1 is 0.686 bits per heavy atom. The van der Waals surface area contributed by atoms with E-state index in [1.54, 1.807) is 26.0 Å². The van der Waals surface area contributed by atoms with Crippen LogP contribution in [0.5, 0.6) is 0 Å². The van der Waals surface area contributed by atoms with Crippen LogP contribution >= 0.6 is 0 Å². The van der Waals surface area contributed by atoms with E-state index in [-0.39, 0.29) is 33.6 Å². The molecule has 0 saturated heterocycles. The van der Waals surface area contributed by atoms with Gasteiger partial charge in [-0.25, -0.2) is 17.6 Å². The van der Waals surface area contributed by atoms with Crippen molar-refractivity contribution >= 4 is 0 Å². The number of rotatable bonds is 0. The monoisotopic (exact) mass is 474 g/mol. The van der Waals surface area contributed by atoms with Crippen molar-refractivity contribution in [3.8, 4) is 22.5 Å². The highest BCUT2D eigenvalue weighted by Crippen LogP contribution is 2.59. The molecule has 2 aromatic heterocycles. The van der Waals surface area contributed by atoms with Crippen molar-refractivity contribution in [3.05, 3.63) is 106 Å². The quantitative estimate of drug-likeness (QED) is 0.247. The lowest BCUT2D eigenvalue weighted by Crippen LogP contribution is -2.23. The first-order valence-electron chi connectivity index (χ1n) is 11.5. The largest absolute Gasteiger partial charge is 0.252 e. The van der Waals surface area contributed by atoms with Crippen LogP contribution in [-0.4, -0.2) is 9.97 Å². The Balaban J connectivity index is 1.70. The lowest BCUT2D eigenvalue weighted by molar-refractivity contribution is 0.502. The van der Waals surface area contributed by atoms with Crippen LogP contribution in [-0.2, 0) is 10.8 Å². The normalized spacial score (nSPS) is 21.5. The zero-order valence-electron chi connectivity index (χ0n) is 19.5. The fourth-order valence-corrected chi connectivity index (χ4v) is 5.37. The molecule has 0 N–H and O–H groups in total. The van der Waals surface area contributed by atoms with E-state index in [0.29, 0.717) is 11.4 Å². The summed E-state index contributed by atoms with van der Waals surface area (Å²) in [6.45, 7) is 5.34. The molecule has 2 nitrogen and oxygen atoms in total. The van der Waals surface area contributed by atoms with Crippen LogP contribution in [0.15, 0.2) is 60.7 Å². The minimum Gasteiger partial charge on any atom is -0.252 e. The van der Waals surface area contributed by atoms with Crippen molar-refractivity contribution in [2.45, 2.75) is 43.9 Å². The standard InChI is InChI=1S/C29H22F4N2/c1-28(2)17-10-15(20(30)12-22(17)32)24-6-4-8-26(34-24)19-14-29(19,3)27-9-5-7-25(35-27)16-11-18(28)23(33)13-21(16)31/h4-13,19H,14H2,1-3H3. The third-order valence-electron chi connectivity index (χ3n) is 7.71. The van der Waals surface area contributed by atoms with E-state index in [2.05, 4.69) is 6.92 Å². The summed E-state index contributed by atoms with van der Waals surface area (Å²) in [4.78, 5) is 9.50. The third kappa shape index (κ3) is 3.23. The van der Waals surface area contributed by atoms with Crippen LogP contribution in [0.1, 0.15) is 55.6 Å². The molecule has 2 unspecified atom stereocenters. The Bertz CT molecular complexity index is 1530. The van der Waals surface area contributed by atoms with Crippen LogP contribution in [0.3, 0.4) is 0 Å². The van der Waals surface area contributed by atoms with Gasteiger partial charge >= 0.3 is 0 Å². The fraction of sp³-hybridized carbons (Fsp3) is 0.241. The Kier molecular flexibility index (Phi) is 4.54. The van der Waals surface area contributed by atoms with Gasteiger partial charge < -0.3 is 0 Å². The molecule has 8 bridgehead atoms. The number of halogens is 4. The van der Waals surface area contributed by atoms with E-state index in [1.807, 2.05) is 24.3 Å². The number of nitrogens with zero attached hydrogens (tertiary/aromatic N) is 2. The van der Waals surface area contributed by atoms with Crippen LogP contribution in [0.2, 0.25) is 0 Å². The Morgan fingerprint density at radius 2 is 1.23 bits per heavy atom. The van der Waals surface area contributed by atoms with E-state index in [1.165, 1.54) is 12.1 Å². The molecule has 0 spiro atoms. The molecule has 4 aromatic rings. The van der Waals surface area contributed by atoms with Gasteiger partial charge in [-0.05, 0) is 53.9 Å². The molecule has 1 fully saturated rings. The Hall–Kier alpha value is -3.54. The van der Waals surface area contributed by atoms with Gasteiger partial charge in [0.15, 0.2) is 0 Å². The van der Waals surface area contributed by atoms with Gasteiger partial charge in [-0.2, -0.15) is 0 Å². The van der Waals surface area contributed by atoms with Crippen molar-refractivity contribution in [2.24, 2.45) is 0 Å². The maximum absolute atomic E-state index is 15.2. The average molecular weight is 475 g/mol. The summed E-state index contributed by atoms with van der Waals surface area (Å²) >= 11 is 0. The lowest BCUT2D eigenvalue weighted by Gasteiger charge is -2.28. The summed E-state index contributed by atoms with van der Waals surface area (Å²) in [6.07, 6.45) is 0.779. The van der Waals surface area contributed by atoms with Gasteiger partial charge in [-0.3, -0.25) is 9.97 Å². The molecule has 35 heavy (non-hydrogen) atoms. The maximum Gasteiger partial charge on any atom is 0.135 e. The molecule has 0 amide bonds. The summed E-state index contributed by atoms with van der Waals surface area (Å²) < 4.78 is 60.4. The predicted molar refractivity (Wildman–Crippen MR) is 126 cm³/mol. The lowest BCUT2D eigenvalue weighted by atomic mass is 9.76. The van der Waals surface area contributed by atoms with Gasteiger partial charge in [0.05, 0.1) is 11.4 Å². The molecule has 2 aliphatic rings. The highest BCUT2D eigenvalue weighted by atomic mass is 19.1. The van der Waals surface area contributed by atoms with Gasteiger partial charge in [0.25, 0.3) is 0 Å². The van der Waals surface area contributed by atoms with Crippen LogP contribution < -0.4 is 0 Å². The van der Waals surface area contributed by atoms with E-state index in [0.717, 1.165) is 29.9 Å². The smallest absolute Gasteiger partial charge is 0.135 e. The summed E-state index contributed by atoms with van der Waals surface area (Å²) in [6, 6.07) is 15.2. The molecular formula is C29H22F4N2. The first kappa shape index (κ1) is 22.0. The van der Waals surface area contributed by atoms with Gasteiger partial charge in [0, 0.05) is 51.4 Å². The molecule has 3 heterocycles. The first-order chi connectivity index (χ1) is 16.6. The predicted octanol–water partition coefficient (Wildman–Crippen LogP) is 7.45. The number of hydrogen-bond donors (Lipinski definition) is 0. The van der Waals surface area contributed by atoms with Crippen molar-refractivity contribution in [2.75, 3.05) is 0 Å². The molecule has 2 atom stereocenters. The zero-order valence-corrected chi connectivity index (χ0v) is 19.5. The second-order valence-electron chi connectivity index (χ2n) is 10.3. The summed E-state index contributed by atoms with van der Waals surface area (Å²) in [5.74, 6) is -3.07. The SMILES string of the molecule is CC1(C)c2cc(c(F)cc2F)-c2cccc(n2)C2CC2(C)c2cccc(n2)-c2cc1c(F)cc2F. The average Bonchev–Trinajstić information content (AvgIpc) is 3.51. The molecule has 1 aliphatic heterocycles. The highest BCUT2D eigenvalue weighted by molar-refractivity contribution is 5.66. The number of hydrogen-bond acceptors (Lipinski definition) is 2.